The number of hydrogen-bond acceptors (Lipinski definition) is 4. The molecule has 0 aromatic heterocycles. The Bertz CT molecular complexity index is 303. The van der Waals surface area contributed by atoms with E-state index in [-0.39, 0.29) is 5.25 Å². The second-order valence-electron chi connectivity index (χ2n) is 5.73. The van der Waals surface area contributed by atoms with E-state index in [0.717, 1.165) is 25.0 Å². The van der Waals surface area contributed by atoms with Gasteiger partial charge < -0.3 is 14.8 Å². The molecule has 1 saturated carbocycles. The van der Waals surface area contributed by atoms with E-state index in [0.29, 0.717) is 25.2 Å². The van der Waals surface area contributed by atoms with Crippen LogP contribution in [0.5, 0.6) is 0 Å². The van der Waals surface area contributed by atoms with Gasteiger partial charge in [0.25, 0.3) is 0 Å². The Morgan fingerprint density at radius 2 is 2.06 bits per heavy atom. The van der Waals surface area contributed by atoms with Gasteiger partial charge in [0.1, 0.15) is 0 Å². The summed E-state index contributed by atoms with van der Waals surface area (Å²) in [5.74, 6) is 0.787. The van der Waals surface area contributed by atoms with Gasteiger partial charge in [-0.2, -0.15) is 0 Å². The molecule has 0 amide bonds. The van der Waals surface area contributed by atoms with Crippen molar-refractivity contribution in [2.45, 2.75) is 50.2 Å². The van der Waals surface area contributed by atoms with Crippen molar-refractivity contribution in [3.63, 3.8) is 0 Å². The van der Waals surface area contributed by atoms with E-state index in [1.807, 2.05) is 7.05 Å². The third-order valence-electron chi connectivity index (χ3n) is 3.82. The maximum absolute atomic E-state index is 12.5. The molecule has 2 aliphatic rings. The lowest BCUT2D eigenvalue weighted by atomic mass is 9.89. The van der Waals surface area contributed by atoms with Crippen LogP contribution >= 0.6 is 0 Å². The van der Waals surface area contributed by atoms with Gasteiger partial charge in [0, 0.05) is 35.4 Å². The summed E-state index contributed by atoms with van der Waals surface area (Å²) >= 11 is 0. The summed E-state index contributed by atoms with van der Waals surface area (Å²) in [6.45, 7) is 5.59. The molecule has 5 heteroatoms. The predicted octanol–water partition coefficient (Wildman–Crippen LogP) is 1.27. The fourth-order valence-electron chi connectivity index (χ4n) is 2.93. The zero-order valence-electron chi connectivity index (χ0n) is 11.6. The van der Waals surface area contributed by atoms with Gasteiger partial charge in [-0.05, 0) is 19.4 Å². The molecule has 1 saturated heterocycles. The van der Waals surface area contributed by atoms with Gasteiger partial charge in [-0.3, -0.25) is 4.21 Å². The standard InChI is InChI=1S/C13H25NO3S/c1-10(2)9-18(15)12-8-13(16-6-7-17-13)5-4-11(12)14-3/h10-12,14H,4-9H2,1-3H3. The third-order valence-corrected chi connectivity index (χ3v) is 5.98. The average molecular weight is 275 g/mol. The van der Waals surface area contributed by atoms with Crippen LogP contribution in [0.4, 0.5) is 0 Å². The van der Waals surface area contributed by atoms with Gasteiger partial charge in [0.2, 0.25) is 0 Å². The normalized spacial score (nSPS) is 33.1. The summed E-state index contributed by atoms with van der Waals surface area (Å²) < 4.78 is 24.0. The Morgan fingerprint density at radius 3 is 2.61 bits per heavy atom. The molecule has 0 bridgehead atoms. The molecule has 0 aromatic carbocycles. The smallest absolute Gasteiger partial charge is 0.169 e. The minimum atomic E-state index is -0.811. The quantitative estimate of drug-likeness (QED) is 0.839. The summed E-state index contributed by atoms with van der Waals surface area (Å²) in [4.78, 5) is 0. The number of hydrogen-bond donors (Lipinski definition) is 1. The first kappa shape index (κ1) is 14.4. The van der Waals surface area contributed by atoms with Crippen LogP contribution in [0.15, 0.2) is 0 Å². The summed E-state index contributed by atoms with van der Waals surface area (Å²) in [5, 5.41) is 3.45. The molecular weight excluding hydrogens is 250 g/mol. The van der Waals surface area contributed by atoms with Crippen molar-refractivity contribution in [1.29, 1.82) is 0 Å². The van der Waals surface area contributed by atoms with Crippen molar-refractivity contribution in [3.8, 4) is 0 Å². The van der Waals surface area contributed by atoms with Crippen molar-refractivity contribution >= 4 is 10.8 Å². The van der Waals surface area contributed by atoms with Gasteiger partial charge in [0.15, 0.2) is 5.79 Å². The summed E-state index contributed by atoms with van der Waals surface area (Å²) in [5.41, 5.74) is 0. The maximum atomic E-state index is 12.5. The van der Waals surface area contributed by atoms with Crippen LogP contribution in [-0.4, -0.2) is 47.3 Å². The Morgan fingerprint density at radius 1 is 1.39 bits per heavy atom. The van der Waals surface area contributed by atoms with E-state index in [2.05, 4.69) is 19.2 Å². The molecule has 2 rings (SSSR count). The Kier molecular flexibility index (Phi) is 4.80. The second-order valence-corrected chi connectivity index (χ2v) is 7.43. The van der Waals surface area contributed by atoms with Crippen LogP contribution in [0.2, 0.25) is 0 Å². The minimum absolute atomic E-state index is 0.143. The van der Waals surface area contributed by atoms with E-state index < -0.39 is 16.6 Å². The van der Waals surface area contributed by atoms with Crippen LogP contribution < -0.4 is 5.32 Å². The zero-order valence-corrected chi connectivity index (χ0v) is 12.4. The van der Waals surface area contributed by atoms with Crippen molar-refractivity contribution in [1.82, 2.24) is 5.32 Å². The van der Waals surface area contributed by atoms with E-state index in [4.69, 9.17) is 9.47 Å². The average Bonchev–Trinajstić information content (AvgIpc) is 2.76. The van der Waals surface area contributed by atoms with Gasteiger partial charge in [-0.15, -0.1) is 0 Å². The molecule has 1 spiro atoms. The maximum Gasteiger partial charge on any atom is 0.169 e. The van der Waals surface area contributed by atoms with Gasteiger partial charge in [-0.1, -0.05) is 13.8 Å². The highest BCUT2D eigenvalue weighted by atomic mass is 32.2. The monoisotopic (exact) mass is 275 g/mol. The Labute approximate surface area is 112 Å². The van der Waals surface area contributed by atoms with Crippen molar-refractivity contribution < 1.29 is 13.7 Å². The van der Waals surface area contributed by atoms with Crippen molar-refractivity contribution in [2.75, 3.05) is 26.0 Å². The van der Waals surface area contributed by atoms with Crippen molar-refractivity contribution in [3.05, 3.63) is 0 Å². The van der Waals surface area contributed by atoms with Gasteiger partial charge in [0.05, 0.1) is 18.5 Å². The van der Waals surface area contributed by atoms with Crippen LogP contribution in [0.3, 0.4) is 0 Å². The topological polar surface area (TPSA) is 47.6 Å². The minimum Gasteiger partial charge on any atom is -0.347 e. The van der Waals surface area contributed by atoms with E-state index >= 15 is 0 Å². The molecular formula is C13H25NO3S. The molecule has 2 fully saturated rings. The van der Waals surface area contributed by atoms with Crippen LogP contribution in [0.1, 0.15) is 33.1 Å². The summed E-state index contributed by atoms with van der Waals surface area (Å²) in [6.07, 6.45) is 2.65. The second kappa shape index (κ2) is 5.99. The molecule has 106 valence electrons. The molecule has 1 heterocycles. The molecule has 3 unspecified atom stereocenters. The van der Waals surface area contributed by atoms with Crippen molar-refractivity contribution in [2.24, 2.45) is 5.92 Å². The van der Waals surface area contributed by atoms with E-state index in [1.54, 1.807) is 0 Å². The molecule has 1 aliphatic carbocycles. The lowest BCUT2D eigenvalue weighted by Gasteiger charge is -2.40. The molecule has 4 nitrogen and oxygen atoms in total. The highest BCUT2D eigenvalue weighted by Crippen LogP contribution is 2.38. The largest absolute Gasteiger partial charge is 0.347 e. The molecule has 0 radical (unpaired) electrons. The molecule has 1 aliphatic heterocycles. The lowest BCUT2D eigenvalue weighted by Crippen LogP contribution is -2.52. The highest BCUT2D eigenvalue weighted by Gasteiger charge is 2.46. The van der Waals surface area contributed by atoms with Gasteiger partial charge in [-0.25, -0.2) is 0 Å². The molecule has 1 N–H and O–H groups in total. The van der Waals surface area contributed by atoms with Crippen LogP contribution in [-0.2, 0) is 20.3 Å². The van der Waals surface area contributed by atoms with E-state index in [1.165, 1.54) is 0 Å². The first-order valence-corrected chi connectivity index (χ1v) is 8.27. The fourth-order valence-corrected chi connectivity index (χ4v) is 4.91. The SMILES string of the molecule is CNC1CCC2(CC1S(=O)CC(C)C)OCCO2. The van der Waals surface area contributed by atoms with Gasteiger partial charge >= 0.3 is 0 Å². The van der Waals surface area contributed by atoms with Crippen LogP contribution in [0, 0.1) is 5.92 Å². The van der Waals surface area contributed by atoms with E-state index in [9.17, 15) is 4.21 Å². The predicted molar refractivity (Wildman–Crippen MR) is 73.0 cm³/mol. The molecule has 18 heavy (non-hydrogen) atoms. The lowest BCUT2D eigenvalue weighted by molar-refractivity contribution is -0.178. The number of nitrogens with one attached hydrogen (secondary N) is 1. The Balaban J connectivity index is 2.05. The Hall–Kier alpha value is 0.0300. The number of rotatable bonds is 4. The third kappa shape index (κ3) is 3.13. The highest BCUT2D eigenvalue weighted by molar-refractivity contribution is 7.85. The summed E-state index contributed by atoms with van der Waals surface area (Å²) in [7, 11) is 1.15. The first-order valence-electron chi connectivity index (χ1n) is 6.89. The summed E-state index contributed by atoms with van der Waals surface area (Å²) in [6, 6.07) is 0.322. The number of ether oxygens (including phenoxy) is 2. The first-order chi connectivity index (χ1) is 8.56. The fraction of sp³-hybridized carbons (Fsp3) is 1.00. The zero-order chi connectivity index (χ0) is 13.2. The molecule has 0 aromatic rings. The molecule has 3 atom stereocenters. The van der Waals surface area contributed by atoms with Crippen LogP contribution in [0.25, 0.3) is 0 Å².